The quantitative estimate of drug-likeness (QED) is 0.597. The maximum Gasteiger partial charge on any atom is 0.355 e. The largest absolute Gasteiger partial charge is 0.461 e. The number of nitrogens with two attached hydrogens (primary N) is 1. The predicted octanol–water partition coefficient (Wildman–Crippen LogP) is 3.39. The summed E-state index contributed by atoms with van der Waals surface area (Å²) < 4.78 is 7.11. The van der Waals surface area contributed by atoms with E-state index < -0.39 is 0 Å². The number of nitrogen functional groups attached to an aromatic ring is 1. The number of esters is 1. The lowest BCUT2D eigenvalue weighted by atomic mass is 10.2. The summed E-state index contributed by atoms with van der Waals surface area (Å²) in [5.74, 6) is -0.281. The molecule has 0 unspecified atom stereocenters. The molecule has 4 heteroatoms. The average molecular weight is 252 g/mol. The Morgan fingerprint density at radius 3 is 2.72 bits per heavy atom. The molecule has 0 saturated carbocycles. The van der Waals surface area contributed by atoms with Crippen LogP contribution in [0.1, 0.15) is 63.0 Å². The lowest BCUT2D eigenvalue weighted by molar-refractivity contribution is 0.0483. The maximum absolute atomic E-state index is 11.9. The number of anilines is 1. The van der Waals surface area contributed by atoms with Crippen molar-refractivity contribution in [1.29, 1.82) is 0 Å². The van der Waals surface area contributed by atoms with E-state index in [-0.39, 0.29) is 12.0 Å². The van der Waals surface area contributed by atoms with Gasteiger partial charge in [0.15, 0.2) is 0 Å². The first kappa shape index (κ1) is 14.6. The summed E-state index contributed by atoms with van der Waals surface area (Å²) in [6, 6.07) is 1.87. The highest BCUT2D eigenvalue weighted by Gasteiger charge is 2.15. The monoisotopic (exact) mass is 252 g/mol. The standard InChI is InChI=1S/C14H24N2O2/c1-4-5-6-7-8-18-14(17)13-9-12(15)10-16(13)11(2)3/h9-11H,4-8,15H2,1-3H3. The summed E-state index contributed by atoms with van der Waals surface area (Å²) >= 11 is 0. The normalized spacial score (nSPS) is 10.9. The van der Waals surface area contributed by atoms with Crippen LogP contribution >= 0.6 is 0 Å². The second kappa shape index (κ2) is 7.09. The van der Waals surface area contributed by atoms with Gasteiger partial charge in [-0.05, 0) is 26.3 Å². The Hall–Kier alpha value is -1.45. The van der Waals surface area contributed by atoms with E-state index in [9.17, 15) is 4.79 Å². The number of unbranched alkanes of at least 4 members (excludes halogenated alkanes) is 3. The van der Waals surface area contributed by atoms with E-state index in [1.54, 1.807) is 12.3 Å². The van der Waals surface area contributed by atoms with E-state index >= 15 is 0 Å². The van der Waals surface area contributed by atoms with Crippen LogP contribution in [0.3, 0.4) is 0 Å². The van der Waals surface area contributed by atoms with E-state index in [1.807, 2.05) is 18.4 Å². The van der Waals surface area contributed by atoms with Crippen LogP contribution in [0.15, 0.2) is 12.3 Å². The zero-order chi connectivity index (χ0) is 13.5. The summed E-state index contributed by atoms with van der Waals surface area (Å²) in [4.78, 5) is 11.9. The molecule has 2 N–H and O–H groups in total. The Kier molecular flexibility index (Phi) is 5.75. The van der Waals surface area contributed by atoms with Gasteiger partial charge in [0.25, 0.3) is 0 Å². The SMILES string of the molecule is CCCCCCOC(=O)c1cc(N)cn1C(C)C. The molecule has 0 bridgehead atoms. The molecule has 0 aliphatic heterocycles. The molecule has 0 fully saturated rings. The third-order valence-electron chi connectivity index (χ3n) is 2.87. The summed E-state index contributed by atoms with van der Waals surface area (Å²) in [5.41, 5.74) is 6.86. The first-order chi connectivity index (χ1) is 8.56. The molecule has 0 radical (unpaired) electrons. The van der Waals surface area contributed by atoms with Crippen LogP contribution in [0.4, 0.5) is 5.69 Å². The summed E-state index contributed by atoms with van der Waals surface area (Å²) in [6.07, 6.45) is 6.18. The molecule has 0 aliphatic carbocycles. The van der Waals surface area contributed by atoms with Crippen molar-refractivity contribution in [3.63, 3.8) is 0 Å². The molecule has 0 aliphatic rings. The van der Waals surface area contributed by atoms with Crippen molar-refractivity contribution in [2.45, 2.75) is 52.5 Å². The van der Waals surface area contributed by atoms with Crippen molar-refractivity contribution in [3.8, 4) is 0 Å². The highest BCUT2D eigenvalue weighted by molar-refractivity contribution is 5.89. The van der Waals surface area contributed by atoms with Crippen LogP contribution in [0.5, 0.6) is 0 Å². The van der Waals surface area contributed by atoms with Gasteiger partial charge in [-0.2, -0.15) is 0 Å². The third kappa shape index (κ3) is 4.09. The number of nitrogens with zero attached hydrogens (tertiary/aromatic N) is 1. The molecule has 1 aromatic rings. The lowest BCUT2D eigenvalue weighted by Crippen LogP contribution is -2.13. The van der Waals surface area contributed by atoms with Gasteiger partial charge in [0.1, 0.15) is 5.69 Å². The van der Waals surface area contributed by atoms with Crippen molar-refractivity contribution >= 4 is 11.7 Å². The van der Waals surface area contributed by atoms with E-state index in [0.29, 0.717) is 18.0 Å². The van der Waals surface area contributed by atoms with Crippen molar-refractivity contribution in [2.75, 3.05) is 12.3 Å². The van der Waals surface area contributed by atoms with Crippen molar-refractivity contribution in [3.05, 3.63) is 18.0 Å². The number of aromatic nitrogens is 1. The Bertz CT molecular complexity index is 383. The number of rotatable bonds is 7. The number of carbonyl (C=O) groups excluding carboxylic acids is 1. The number of hydrogen-bond acceptors (Lipinski definition) is 3. The van der Waals surface area contributed by atoms with Gasteiger partial charge < -0.3 is 15.0 Å². The van der Waals surface area contributed by atoms with Crippen LogP contribution in [0, 0.1) is 0 Å². The minimum Gasteiger partial charge on any atom is -0.461 e. The minimum absolute atomic E-state index is 0.199. The number of hydrogen-bond donors (Lipinski definition) is 1. The first-order valence-corrected chi connectivity index (χ1v) is 6.70. The average Bonchev–Trinajstić information content (AvgIpc) is 2.71. The predicted molar refractivity (Wildman–Crippen MR) is 73.7 cm³/mol. The van der Waals surface area contributed by atoms with Gasteiger partial charge in [0.2, 0.25) is 0 Å². The topological polar surface area (TPSA) is 57.2 Å². The van der Waals surface area contributed by atoms with Crippen LogP contribution < -0.4 is 5.73 Å². The van der Waals surface area contributed by atoms with E-state index in [1.165, 1.54) is 12.8 Å². The Morgan fingerprint density at radius 2 is 2.11 bits per heavy atom. The van der Waals surface area contributed by atoms with Crippen LogP contribution in [0.2, 0.25) is 0 Å². The van der Waals surface area contributed by atoms with E-state index in [2.05, 4.69) is 6.92 Å². The Labute approximate surface area is 109 Å². The molecule has 0 saturated heterocycles. The minimum atomic E-state index is -0.281. The molecule has 0 amide bonds. The summed E-state index contributed by atoms with van der Waals surface area (Å²) in [7, 11) is 0. The molecule has 1 aromatic heterocycles. The fraction of sp³-hybridized carbons (Fsp3) is 0.643. The van der Waals surface area contributed by atoms with E-state index in [4.69, 9.17) is 10.5 Å². The number of ether oxygens (including phenoxy) is 1. The smallest absolute Gasteiger partial charge is 0.355 e. The first-order valence-electron chi connectivity index (χ1n) is 6.70. The maximum atomic E-state index is 11.9. The highest BCUT2D eigenvalue weighted by atomic mass is 16.5. The fourth-order valence-corrected chi connectivity index (χ4v) is 1.86. The van der Waals surface area contributed by atoms with Gasteiger partial charge in [-0.1, -0.05) is 26.2 Å². The van der Waals surface area contributed by atoms with Gasteiger partial charge in [0, 0.05) is 12.2 Å². The van der Waals surface area contributed by atoms with E-state index in [0.717, 1.165) is 12.8 Å². The molecule has 0 spiro atoms. The van der Waals surface area contributed by atoms with Crippen LogP contribution in [-0.4, -0.2) is 17.1 Å². The Morgan fingerprint density at radius 1 is 1.39 bits per heavy atom. The fourth-order valence-electron chi connectivity index (χ4n) is 1.86. The molecule has 1 heterocycles. The lowest BCUT2D eigenvalue weighted by Gasteiger charge is -2.12. The second-order valence-corrected chi connectivity index (χ2v) is 4.86. The van der Waals surface area contributed by atoms with Crippen LogP contribution in [0.25, 0.3) is 0 Å². The van der Waals surface area contributed by atoms with Crippen molar-refractivity contribution in [1.82, 2.24) is 4.57 Å². The molecule has 1 rings (SSSR count). The van der Waals surface area contributed by atoms with Gasteiger partial charge in [-0.3, -0.25) is 0 Å². The zero-order valence-corrected chi connectivity index (χ0v) is 11.6. The molecule has 0 atom stereocenters. The molecule has 0 aromatic carbocycles. The number of carbonyl (C=O) groups is 1. The van der Waals surface area contributed by atoms with Gasteiger partial charge in [0.05, 0.1) is 12.3 Å². The summed E-state index contributed by atoms with van der Waals surface area (Å²) in [6.45, 7) is 6.67. The third-order valence-corrected chi connectivity index (χ3v) is 2.87. The van der Waals surface area contributed by atoms with Crippen molar-refractivity contribution < 1.29 is 9.53 Å². The van der Waals surface area contributed by atoms with Crippen LogP contribution in [-0.2, 0) is 4.74 Å². The molecular formula is C14H24N2O2. The molecular weight excluding hydrogens is 228 g/mol. The summed E-state index contributed by atoms with van der Waals surface area (Å²) in [5, 5.41) is 0. The van der Waals surface area contributed by atoms with Crippen molar-refractivity contribution in [2.24, 2.45) is 0 Å². The van der Waals surface area contributed by atoms with Gasteiger partial charge in [-0.15, -0.1) is 0 Å². The second-order valence-electron chi connectivity index (χ2n) is 4.86. The Balaban J connectivity index is 2.51. The zero-order valence-electron chi connectivity index (χ0n) is 11.6. The molecule has 102 valence electrons. The van der Waals surface area contributed by atoms with Gasteiger partial charge >= 0.3 is 5.97 Å². The van der Waals surface area contributed by atoms with Gasteiger partial charge in [-0.25, -0.2) is 4.79 Å². The highest BCUT2D eigenvalue weighted by Crippen LogP contribution is 2.17. The molecule has 4 nitrogen and oxygen atoms in total. The molecule has 18 heavy (non-hydrogen) atoms.